The van der Waals surface area contributed by atoms with Gasteiger partial charge in [0.15, 0.2) is 5.13 Å². The van der Waals surface area contributed by atoms with E-state index in [2.05, 4.69) is 20.6 Å². The molecule has 2 N–H and O–H groups in total. The van der Waals surface area contributed by atoms with Gasteiger partial charge in [-0.05, 0) is 23.8 Å². The molecular weight excluding hydrogens is 336 g/mol. The summed E-state index contributed by atoms with van der Waals surface area (Å²) in [4.78, 5) is 32.9. The van der Waals surface area contributed by atoms with E-state index in [1.54, 1.807) is 12.3 Å². The van der Waals surface area contributed by atoms with Crippen LogP contribution in [0.5, 0.6) is 0 Å². The van der Waals surface area contributed by atoms with Crippen LogP contribution >= 0.6 is 11.3 Å². The summed E-state index contributed by atoms with van der Waals surface area (Å²) in [5.74, 6) is -0.330. The fourth-order valence-corrected chi connectivity index (χ4v) is 3.52. The molecule has 0 saturated carbocycles. The zero-order valence-corrected chi connectivity index (χ0v) is 13.9. The van der Waals surface area contributed by atoms with Gasteiger partial charge in [0.2, 0.25) is 5.91 Å². The molecule has 1 atom stereocenters. The highest BCUT2D eigenvalue weighted by atomic mass is 32.1. The molecule has 1 aromatic carbocycles. The van der Waals surface area contributed by atoms with Gasteiger partial charge in [-0.2, -0.15) is 0 Å². The Morgan fingerprint density at radius 3 is 2.84 bits per heavy atom. The molecule has 0 unspecified atom stereocenters. The summed E-state index contributed by atoms with van der Waals surface area (Å²) in [6.45, 7) is 0. The Balaban J connectivity index is 1.44. The molecule has 1 aliphatic rings. The van der Waals surface area contributed by atoms with Crippen LogP contribution in [0.3, 0.4) is 0 Å². The number of thiazole rings is 1. The van der Waals surface area contributed by atoms with Gasteiger partial charge in [-0.3, -0.25) is 14.6 Å². The summed E-state index contributed by atoms with van der Waals surface area (Å²) in [6.07, 6.45) is 1.87. The van der Waals surface area contributed by atoms with Crippen LogP contribution in [0.4, 0.5) is 5.13 Å². The first-order valence-electron chi connectivity index (χ1n) is 7.77. The van der Waals surface area contributed by atoms with Gasteiger partial charge in [-0.25, -0.2) is 4.98 Å². The number of anilines is 1. The van der Waals surface area contributed by atoms with Crippen LogP contribution in [0.2, 0.25) is 0 Å². The van der Waals surface area contributed by atoms with Gasteiger partial charge in [0.25, 0.3) is 5.91 Å². The van der Waals surface area contributed by atoms with Crippen LogP contribution in [-0.2, 0) is 4.79 Å². The highest BCUT2D eigenvalue weighted by Gasteiger charge is 2.29. The van der Waals surface area contributed by atoms with Crippen molar-refractivity contribution in [2.75, 3.05) is 5.32 Å². The average Bonchev–Trinajstić information content (AvgIpc) is 3.21. The van der Waals surface area contributed by atoms with Gasteiger partial charge < -0.3 is 10.6 Å². The monoisotopic (exact) mass is 350 g/mol. The maximum absolute atomic E-state index is 12.3. The third-order valence-corrected chi connectivity index (χ3v) is 4.71. The zero-order chi connectivity index (χ0) is 17.2. The Morgan fingerprint density at radius 2 is 2.00 bits per heavy atom. The van der Waals surface area contributed by atoms with Gasteiger partial charge >= 0.3 is 0 Å². The SMILES string of the molecule is O=C(C[C@H]1NC(=O)c2ccccc21)Nc1nc(-c2ccccn2)cs1. The van der Waals surface area contributed by atoms with Crippen molar-refractivity contribution in [2.45, 2.75) is 12.5 Å². The first-order chi connectivity index (χ1) is 12.2. The second-order valence-corrected chi connectivity index (χ2v) is 6.48. The Labute approximate surface area is 148 Å². The number of carbonyl (C=O) groups is 2. The second kappa shape index (κ2) is 6.45. The molecule has 0 saturated heterocycles. The predicted molar refractivity (Wildman–Crippen MR) is 95.2 cm³/mol. The summed E-state index contributed by atoms with van der Waals surface area (Å²) >= 11 is 1.35. The van der Waals surface area contributed by atoms with Crippen molar-refractivity contribution in [3.63, 3.8) is 0 Å². The van der Waals surface area contributed by atoms with Crippen molar-refractivity contribution in [3.8, 4) is 11.4 Å². The fourth-order valence-electron chi connectivity index (χ4n) is 2.80. The number of rotatable bonds is 4. The van der Waals surface area contributed by atoms with E-state index >= 15 is 0 Å². The van der Waals surface area contributed by atoms with E-state index in [4.69, 9.17) is 0 Å². The molecule has 0 fully saturated rings. The van der Waals surface area contributed by atoms with E-state index in [0.717, 1.165) is 17.0 Å². The Hall–Kier alpha value is -3.06. The molecule has 3 aromatic rings. The molecule has 3 heterocycles. The van der Waals surface area contributed by atoms with E-state index in [9.17, 15) is 9.59 Å². The lowest BCUT2D eigenvalue weighted by molar-refractivity contribution is -0.116. The van der Waals surface area contributed by atoms with Gasteiger partial charge in [0, 0.05) is 17.1 Å². The number of nitrogens with one attached hydrogen (secondary N) is 2. The molecular formula is C18H14N4O2S. The lowest BCUT2D eigenvalue weighted by Crippen LogP contribution is -2.24. The number of carbonyl (C=O) groups excluding carboxylic acids is 2. The topological polar surface area (TPSA) is 84.0 Å². The number of fused-ring (bicyclic) bond motifs is 1. The Bertz CT molecular complexity index is 939. The zero-order valence-electron chi connectivity index (χ0n) is 13.1. The van der Waals surface area contributed by atoms with E-state index in [1.807, 2.05) is 41.8 Å². The molecule has 0 radical (unpaired) electrons. The Kier molecular flexibility index (Phi) is 3.99. The number of benzene rings is 1. The van der Waals surface area contributed by atoms with Crippen molar-refractivity contribution in [1.82, 2.24) is 15.3 Å². The maximum Gasteiger partial charge on any atom is 0.252 e. The van der Waals surface area contributed by atoms with Crippen molar-refractivity contribution < 1.29 is 9.59 Å². The van der Waals surface area contributed by atoms with Crippen LogP contribution < -0.4 is 10.6 Å². The lowest BCUT2D eigenvalue weighted by atomic mass is 10.0. The minimum absolute atomic E-state index is 0.139. The summed E-state index contributed by atoms with van der Waals surface area (Å²) < 4.78 is 0. The van der Waals surface area contributed by atoms with Crippen molar-refractivity contribution >= 4 is 28.3 Å². The van der Waals surface area contributed by atoms with E-state index in [-0.39, 0.29) is 24.3 Å². The van der Waals surface area contributed by atoms with Crippen LogP contribution in [-0.4, -0.2) is 21.8 Å². The minimum Gasteiger partial charge on any atom is -0.345 e. The van der Waals surface area contributed by atoms with Gasteiger partial charge in [0.05, 0.1) is 18.2 Å². The smallest absolute Gasteiger partial charge is 0.252 e. The normalized spacial score (nSPS) is 15.5. The second-order valence-electron chi connectivity index (χ2n) is 5.62. The molecule has 0 spiro atoms. The molecule has 25 heavy (non-hydrogen) atoms. The maximum atomic E-state index is 12.3. The van der Waals surface area contributed by atoms with Crippen molar-refractivity contribution in [3.05, 3.63) is 65.2 Å². The van der Waals surface area contributed by atoms with Crippen LogP contribution in [0.25, 0.3) is 11.4 Å². The number of hydrogen-bond acceptors (Lipinski definition) is 5. The first kappa shape index (κ1) is 15.5. The molecule has 6 nitrogen and oxygen atoms in total. The third kappa shape index (κ3) is 3.14. The predicted octanol–water partition coefficient (Wildman–Crippen LogP) is 3.02. The van der Waals surface area contributed by atoms with Crippen LogP contribution in [0, 0.1) is 0 Å². The van der Waals surface area contributed by atoms with Crippen molar-refractivity contribution in [1.29, 1.82) is 0 Å². The van der Waals surface area contributed by atoms with Gasteiger partial charge in [0.1, 0.15) is 5.69 Å². The van der Waals surface area contributed by atoms with E-state index in [1.165, 1.54) is 11.3 Å². The standard InChI is InChI=1S/C18H14N4O2S/c23-16(9-14-11-5-1-2-6-12(11)17(24)20-14)22-18-21-15(10-25-18)13-7-3-4-8-19-13/h1-8,10,14H,9H2,(H,20,24)(H,21,22,23)/t14-/m1/s1. The van der Waals surface area contributed by atoms with E-state index in [0.29, 0.717) is 10.7 Å². The number of hydrogen-bond donors (Lipinski definition) is 2. The molecule has 0 aliphatic carbocycles. The van der Waals surface area contributed by atoms with Gasteiger partial charge in [-0.1, -0.05) is 24.3 Å². The van der Waals surface area contributed by atoms with Crippen molar-refractivity contribution in [2.24, 2.45) is 0 Å². The summed E-state index contributed by atoms with van der Waals surface area (Å²) in [5, 5.41) is 8.00. The molecule has 2 amide bonds. The Morgan fingerprint density at radius 1 is 1.16 bits per heavy atom. The van der Waals surface area contributed by atoms with Crippen LogP contribution in [0.1, 0.15) is 28.4 Å². The van der Waals surface area contributed by atoms with Gasteiger partial charge in [-0.15, -0.1) is 11.3 Å². The number of pyridine rings is 1. The summed E-state index contributed by atoms with van der Waals surface area (Å²) in [5.41, 5.74) is 2.97. The first-order valence-corrected chi connectivity index (χ1v) is 8.65. The number of amides is 2. The molecule has 4 rings (SSSR count). The van der Waals surface area contributed by atoms with E-state index < -0.39 is 0 Å². The average molecular weight is 350 g/mol. The quantitative estimate of drug-likeness (QED) is 0.757. The summed E-state index contributed by atoms with van der Waals surface area (Å²) in [6, 6.07) is 12.6. The third-order valence-electron chi connectivity index (χ3n) is 3.95. The highest BCUT2D eigenvalue weighted by molar-refractivity contribution is 7.14. The number of nitrogens with zero attached hydrogens (tertiary/aromatic N) is 2. The lowest BCUT2D eigenvalue weighted by Gasteiger charge is -2.10. The minimum atomic E-state index is -0.307. The molecule has 7 heteroatoms. The summed E-state index contributed by atoms with van der Waals surface area (Å²) in [7, 11) is 0. The fraction of sp³-hybridized carbons (Fsp3) is 0.111. The molecule has 0 bridgehead atoms. The molecule has 2 aromatic heterocycles. The number of aromatic nitrogens is 2. The van der Waals surface area contributed by atoms with Crippen LogP contribution in [0.15, 0.2) is 54.0 Å². The highest BCUT2D eigenvalue weighted by Crippen LogP contribution is 2.28. The largest absolute Gasteiger partial charge is 0.345 e. The molecule has 124 valence electrons. The molecule has 1 aliphatic heterocycles.